The molecule has 0 fully saturated rings. The van der Waals surface area contributed by atoms with E-state index in [1.54, 1.807) is 6.20 Å². The van der Waals surface area contributed by atoms with Crippen molar-refractivity contribution in [2.24, 2.45) is 0 Å². The van der Waals surface area contributed by atoms with Crippen molar-refractivity contribution in [1.82, 2.24) is 10.3 Å². The van der Waals surface area contributed by atoms with Crippen LogP contribution in [0.4, 0.5) is 0 Å². The van der Waals surface area contributed by atoms with E-state index in [-0.39, 0.29) is 11.1 Å². The molecular weight excluding hydrogens is 224 g/mol. The van der Waals surface area contributed by atoms with E-state index in [0.717, 1.165) is 24.4 Å². The fourth-order valence-electron chi connectivity index (χ4n) is 1.36. The average molecular weight is 250 g/mol. The zero-order valence-electron chi connectivity index (χ0n) is 12.5. The number of pyridine rings is 1. The highest BCUT2D eigenvalue weighted by molar-refractivity contribution is 5.23. The molecule has 0 unspecified atom stereocenters. The normalized spacial score (nSPS) is 12.6. The third-order valence-corrected chi connectivity index (χ3v) is 2.83. The number of ether oxygens (including phenoxy) is 1. The van der Waals surface area contributed by atoms with Gasteiger partial charge in [0.15, 0.2) is 0 Å². The van der Waals surface area contributed by atoms with Gasteiger partial charge in [0.25, 0.3) is 0 Å². The van der Waals surface area contributed by atoms with Gasteiger partial charge in [0.2, 0.25) is 0 Å². The molecule has 0 bridgehead atoms. The van der Waals surface area contributed by atoms with E-state index in [0.29, 0.717) is 0 Å². The Bertz CT molecular complexity index is 380. The van der Waals surface area contributed by atoms with E-state index in [2.05, 4.69) is 51.8 Å². The van der Waals surface area contributed by atoms with Crippen molar-refractivity contribution < 1.29 is 4.74 Å². The lowest BCUT2D eigenvalue weighted by Crippen LogP contribution is -2.35. The third kappa shape index (κ3) is 5.50. The van der Waals surface area contributed by atoms with Crippen molar-refractivity contribution in [2.45, 2.75) is 65.6 Å². The lowest BCUT2D eigenvalue weighted by molar-refractivity contribution is 0.105. The number of aromatic nitrogens is 1. The van der Waals surface area contributed by atoms with Gasteiger partial charge in [-0.2, -0.15) is 0 Å². The summed E-state index contributed by atoms with van der Waals surface area (Å²) < 4.78 is 5.96. The largest absolute Gasteiger partial charge is 0.488 e. The summed E-state index contributed by atoms with van der Waals surface area (Å²) in [5.74, 6) is 0.891. The minimum Gasteiger partial charge on any atom is -0.488 e. The Hall–Kier alpha value is -1.09. The van der Waals surface area contributed by atoms with Crippen molar-refractivity contribution in [3.63, 3.8) is 0 Å². The molecule has 1 rings (SSSR count). The Labute approximate surface area is 111 Å². The highest BCUT2D eigenvalue weighted by Crippen LogP contribution is 2.21. The molecule has 0 aliphatic rings. The van der Waals surface area contributed by atoms with Crippen molar-refractivity contribution in [3.8, 4) is 5.75 Å². The van der Waals surface area contributed by atoms with Gasteiger partial charge in [-0.25, -0.2) is 0 Å². The smallest absolute Gasteiger partial charge is 0.123 e. The first-order valence-electron chi connectivity index (χ1n) is 6.61. The SMILES string of the molecule is CCC(C)(C)Oc1ccnc(CNC(C)(C)C)c1. The summed E-state index contributed by atoms with van der Waals surface area (Å²) >= 11 is 0. The maximum atomic E-state index is 5.96. The lowest BCUT2D eigenvalue weighted by atomic mass is 10.1. The molecule has 1 aromatic rings. The van der Waals surface area contributed by atoms with E-state index < -0.39 is 0 Å². The quantitative estimate of drug-likeness (QED) is 0.868. The van der Waals surface area contributed by atoms with Crippen LogP contribution in [0.25, 0.3) is 0 Å². The van der Waals surface area contributed by atoms with Crippen LogP contribution in [0.3, 0.4) is 0 Å². The predicted molar refractivity (Wildman–Crippen MR) is 75.8 cm³/mol. The van der Waals surface area contributed by atoms with Gasteiger partial charge in [0, 0.05) is 24.3 Å². The van der Waals surface area contributed by atoms with E-state index in [1.165, 1.54) is 0 Å². The molecule has 1 aromatic heterocycles. The highest BCUT2D eigenvalue weighted by atomic mass is 16.5. The second kappa shape index (κ2) is 5.70. The van der Waals surface area contributed by atoms with Crippen molar-refractivity contribution in [1.29, 1.82) is 0 Å². The van der Waals surface area contributed by atoms with Crippen LogP contribution in [0, 0.1) is 0 Å². The number of nitrogens with one attached hydrogen (secondary N) is 1. The molecule has 0 aliphatic carbocycles. The summed E-state index contributed by atoms with van der Waals surface area (Å²) in [5.41, 5.74) is 0.978. The van der Waals surface area contributed by atoms with Gasteiger partial charge >= 0.3 is 0 Å². The van der Waals surface area contributed by atoms with Crippen molar-refractivity contribution in [2.75, 3.05) is 0 Å². The molecule has 1 heterocycles. The Morgan fingerprint density at radius 1 is 1.22 bits per heavy atom. The molecule has 0 amide bonds. The van der Waals surface area contributed by atoms with Crippen LogP contribution in [0.5, 0.6) is 5.75 Å². The average Bonchev–Trinajstić information content (AvgIpc) is 2.25. The molecule has 0 saturated carbocycles. The Balaban J connectivity index is 2.68. The molecule has 18 heavy (non-hydrogen) atoms. The maximum absolute atomic E-state index is 5.96. The number of hydrogen-bond donors (Lipinski definition) is 1. The third-order valence-electron chi connectivity index (χ3n) is 2.83. The van der Waals surface area contributed by atoms with E-state index >= 15 is 0 Å². The van der Waals surface area contributed by atoms with Gasteiger partial charge in [-0.05, 0) is 47.1 Å². The van der Waals surface area contributed by atoms with Gasteiger partial charge in [-0.3, -0.25) is 4.98 Å². The lowest BCUT2D eigenvalue weighted by Gasteiger charge is -2.25. The summed E-state index contributed by atoms with van der Waals surface area (Å²) in [4.78, 5) is 4.36. The molecule has 0 aromatic carbocycles. The Morgan fingerprint density at radius 2 is 1.89 bits per heavy atom. The molecule has 0 atom stereocenters. The number of hydrogen-bond acceptors (Lipinski definition) is 3. The zero-order chi connectivity index (χ0) is 13.8. The summed E-state index contributed by atoms with van der Waals surface area (Å²) in [6.45, 7) is 13.5. The molecule has 0 spiro atoms. The van der Waals surface area contributed by atoms with Crippen LogP contribution in [0.2, 0.25) is 0 Å². The van der Waals surface area contributed by atoms with Crippen LogP contribution in [-0.2, 0) is 6.54 Å². The summed E-state index contributed by atoms with van der Waals surface area (Å²) in [7, 11) is 0. The monoisotopic (exact) mass is 250 g/mol. The molecule has 3 heteroatoms. The first-order valence-corrected chi connectivity index (χ1v) is 6.61. The van der Waals surface area contributed by atoms with E-state index in [9.17, 15) is 0 Å². The fraction of sp³-hybridized carbons (Fsp3) is 0.667. The van der Waals surface area contributed by atoms with Gasteiger partial charge < -0.3 is 10.1 Å². The standard InChI is InChI=1S/C15H26N2O/c1-7-15(5,6)18-13-8-9-16-12(10-13)11-17-14(2,3)4/h8-10,17H,7,11H2,1-6H3. The summed E-state index contributed by atoms with van der Waals surface area (Å²) in [5, 5.41) is 3.42. The molecule has 0 saturated heterocycles. The van der Waals surface area contributed by atoms with Crippen molar-refractivity contribution >= 4 is 0 Å². The van der Waals surface area contributed by atoms with Crippen LogP contribution in [0.1, 0.15) is 53.7 Å². The minimum atomic E-state index is -0.129. The molecule has 0 aliphatic heterocycles. The van der Waals surface area contributed by atoms with Gasteiger partial charge in [-0.15, -0.1) is 0 Å². The topological polar surface area (TPSA) is 34.1 Å². The highest BCUT2D eigenvalue weighted by Gasteiger charge is 2.17. The molecule has 102 valence electrons. The number of rotatable bonds is 5. The van der Waals surface area contributed by atoms with Gasteiger partial charge in [0.05, 0.1) is 5.69 Å². The van der Waals surface area contributed by atoms with Crippen LogP contribution in [-0.4, -0.2) is 16.1 Å². The second-order valence-electron chi connectivity index (χ2n) is 6.30. The molecule has 0 radical (unpaired) electrons. The predicted octanol–water partition coefficient (Wildman–Crippen LogP) is 3.54. The first-order chi connectivity index (χ1) is 8.22. The fourth-order valence-corrected chi connectivity index (χ4v) is 1.36. The van der Waals surface area contributed by atoms with Crippen molar-refractivity contribution in [3.05, 3.63) is 24.0 Å². The zero-order valence-corrected chi connectivity index (χ0v) is 12.5. The molecule has 3 nitrogen and oxygen atoms in total. The maximum Gasteiger partial charge on any atom is 0.123 e. The number of nitrogens with zero attached hydrogens (tertiary/aromatic N) is 1. The van der Waals surface area contributed by atoms with E-state index in [4.69, 9.17) is 4.74 Å². The second-order valence-corrected chi connectivity index (χ2v) is 6.30. The van der Waals surface area contributed by atoms with Crippen LogP contribution in [0.15, 0.2) is 18.3 Å². The molecular formula is C15H26N2O. The van der Waals surface area contributed by atoms with E-state index in [1.807, 2.05) is 12.1 Å². The van der Waals surface area contributed by atoms with Crippen LogP contribution >= 0.6 is 0 Å². The Kier molecular flexibility index (Phi) is 4.74. The van der Waals surface area contributed by atoms with Gasteiger partial charge in [-0.1, -0.05) is 6.92 Å². The summed E-state index contributed by atoms with van der Waals surface area (Å²) in [6.07, 6.45) is 2.78. The first kappa shape index (κ1) is 15.0. The summed E-state index contributed by atoms with van der Waals surface area (Å²) in [6, 6.07) is 3.92. The Morgan fingerprint density at radius 3 is 2.44 bits per heavy atom. The minimum absolute atomic E-state index is 0.0984. The molecule has 1 N–H and O–H groups in total. The van der Waals surface area contributed by atoms with Gasteiger partial charge in [0.1, 0.15) is 11.4 Å². The van der Waals surface area contributed by atoms with Crippen LogP contribution < -0.4 is 10.1 Å².